The number of hydrogen-bond acceptors (Lipinski definition) is 3. The Morgan fingerprint density at radius 3 is 2.86 bits per heavy atom. The molecular weight excluding hydrogens is 295 g/mol. The highest BCUT2D eigenvalue weighted by Crippen LogP contribution is 2.26. The van der Waals surface area contributed by atoms with Crippen molar-refractivity contribution in [2.45, 2.75) is 13.0 Å². The highest BCUT2D eigenvalue weighted by molar-refractivity contribution is 6.32. The van der Waals surface area contributed by atoms with Crippen molar-refractivity contribution in [3.05, 3.63) is 58.6 Å². The molecule has 1 atom stereocenters. The lowest BCUT2D eigenvalue weighted by Gasteiger charge is -2.17. The fourth-order valence-electron chi connectivity index (χ4n) is 1.95. The molecule has 0 bridgehead atoms. The average molecular weight is 309 g/mol. The maximum Gasteiger partial charge on any atom is 0.254 e. The molecule has 6 heteroatoms. The third-order valence-electron chi connectivity index (χ3n) is 3.01. The van der Waals surface area contributed by atoms with Crippen LogP contribution in [0, 0.1) is 5.82 Å². The number of methoxy groups -OCH3 is 1. The molecule has 1 heterocycles. The number of aromatic nitrogens is 1. The summed E-state index contributed by atoms with van der Waals surface area (Å²) < 4.78 is 18.5. The van der Waals surface area contributed by atoms with E-state index in [1.165, 1.54) is 31.5 Å². The fourth-order valence-corrected chi connectivity index (χ4v) is 2.16. The van der Waals surface area contributed by atoms with Gasteiger partial charge in [-0.2, -0.15) is 0 Å². The lowest BCUT2D eigenvalue weighted by molar-refractivity contribution is 0.0939. The summed E-state index contributed by atoms with van der Waals surface area (Å²) in [6, 6.07) is 6.89. The van der Waals surface area contributed by atoms with E-state index in [4.69, 9.17) is 16.3 Å². The van der Waals surface area contributed by atoms with E-state index in [-0.39, 0.29) is 16.6 Å². The van der Waals surface area contributed by atoms with E-state index in [2.05, 4.69) is 10.3 Å². The molecule has 4 nitrogen and oxygen atoms in total. The van der Waals surface area contributed by atoms with Crippen LogP contribution in [0.4, 0.5) is 4.39 Å². The topological polar surface area (TPSA) is 51.2 Å². The molecule has 1 aromatic heterocycles. The van der Waals surface area contributed by atoms with Gasteiger partial charge in [-0.1, -0.05) is 11.6 Å². The molecule has 1 N–H and O–H groups in total. The van der Waals surface area contributed by atoms with Crippen LogP contribution < -0.4 is 10.1 Å². The second-order valence-electron chi connectivity index (χ2n) is 4.42. The molecule has 1 aromatic carbocycles. The maximum absolute atomic E-state index is 13.4. The minimum atomic E-state index is -0.445. The average Bonchev–Trinajstić information content (AvgIpc) is 2.47. The minimum Gasteiger partial charge on any atom is -0.496 e. The van der Waals surface area contributed by atoms with Crippen molar-refractivity contribution in [3.8, 4) is 5.75 Å². The molecule has 0 radical (unpaired) electrons. The van der Waals surface area contributed by atoms with E-state index < -0.39 is 11.9 Å². The van der Waals surface area contributed by atoms with Crippen LogP contribution in [0.2, 0.25) is 5.15 Å². The van der Waals surface area contributed by atoms with E-state index in [9.17, 15) is 9.18 Å². The fraction of sp³-hybridized carbons (Fsp3) is 0.200. The molecule has 0 saturated carbocycles. The van der Waals surface area contributed by atoms with Crippen molar-refractivity contribution in [1.82, 2.24) is 10.3 Å². The Kier molecular flexibility index (Phi) is 4.75. The second-order valence-corrected chi connectivity index (χ2v) is 4.78. The Hall–Kier alpha value is -2.14. The maximum atomic E-state index is 13.4. The zero-order valence-corrected chi connectivity index (χ0v) is 12.3. The summed E-state index contributed by atoms with van der Waals surface area (Å²) in [5.74, 6) is -0.278. The minimum absolute atomic E-state index is 0.119. The van der Waals surface area contributed by atoms with Gasteiger partial charge < -0.3 is 10.1 Å². The number of benzene rings is 1. The normalized spacial score (nSPS) is 11.8. The smallest absolute Gasteiger partial charge is 0.254 e. The summed E-state index contributed by atoms with van der Waals surface area (Å²) in [7, 11) is 1.49. The van der Waals surface area contributed by atoms with Gasteiger partial charge in [0.05, 0.1) is 18.7 Å². The first-order valence-corrected chi connectivity index (χ1v) is 6.65. The molecule has 1 amide bonds. The molecule has 0 aliphatic heterocycles. The molecular formula is C15H14ClFN2O2. The van der Waals surface area contributed by atoms with E-state index in [0.717, 1.165) is 0 Å². The number of pyridine rings is 1. The molecule has 2 rings (SSSR count). The third-order valence-corrected chi connectivity index (χ3v) is 3.31. The lowest BCUT2D eigenvalue weighted by Crippen LogP contribution is -2.27. The van der Waals surface area contributed by atoms with E-state index >= 15 is 0 Å². The van der Waals surface area contributed by atoms with Crippen LogP contribution in [0.15, 0.2) is 36.5 Å². The highest BCUT2D eigenvalue weighted by atomic mass is 35.5. The second kappa shape index (κ2) is 6.54. The lowest BCUT2D eigenvalue weighted by atomic mass is 10.1. The van der Waals surface area contributed by atoms with Crippen molar-refractivity contribution >= 4 is 17.5 Å². The zero-order valence-electron chi connectivity index (χ0n) is 11.6. The quantitative estimate of drug-likeness (QED) is 0.881. The van der Waals surface area contributed by atoms with Crippen LogP contribution in [-0.2, 0) is 0 Å². The van der Waals surface area contributed by atoms with Gasteiger partial charge in [-0.25, -0.2) is 9.37 Å². The van der Waals surface area contributed by atoms with E-state index in [0.29, 0.717) is 11.3 Å². The van der Waals surface area contributed by atoms with Gasteiger partial charge in [-0.05, 0) is 37.3 Å². The number of rotatable bonds is 4. The number of ether oxygens (including phenoxy) is 1. The van der Waals surface area contributed by atoms with Gasteiger partial charge in [-0.3, -0.25) is 4.79 Å². The number of carbonyl (C=O) groups excluding carboxylic acids is 1. The Labute approximate surface area is 126 Å². The van der Waals surface area contributed by atoms with Gasteiger partial charge in [-0.15, -0.1) is 0 Å². The summed E-state index contributed by atoms with van der Waals surface area (Å²) >= 11 is 5.88. The third kappa shape index (κ3) is 3.49. The first-order chi connectivity index (χ1) is 10.0. The van der Waals surface area contributed by atoms with Crippen molar-refractivity contribution < 1.29 is 13.9 Å². The van der Waals surface area contributed by atoms with Gasteiger partial charge in [0.25, 0.3) is 5.91 Å². The van der Waals surface area contributed by atoms with Crippen LogP contribution in [0.5, 0.6) is 5.75 Å². The number of halogens is 2. The summed E-state index contributed by atoms with van der Waals surface area (Å²) in [5, 5.41) is 2.86. The predicted molar refractivity (Wildman–Crippen MR) is 78.1 cm³/mol. The Morgan fingerprint density at radius 2 is 2.19 bits per heavy atom. The standard InChI is InChI=1S/C15H14ClFN2O2/c1-9(12-8-10(17)5-6-13(12)21-2)19-15(20)11-4-3-7-18-14(11)16/h3-9H,1-2H3,(H,19,20). The molecule has 0 saturated heterocycles. The monoisotopic (exact) mass is 308 g/mol. The molecule has 21 heavy (non-hydrogen) atoms. The number of amides is 1. The van der Waals surface area contributed by atoms with Crippen LogP contribution in [-0.4, -0.2) is 18.0 Å². The molecule has 1 unspecified atom stereocenters. The summed E-state index contributed by atoms with van der Waals surface area (Å²) in [6.45, 7) is 1.74. The molecule has 0 fully saturated rings. The van der Waals surface area contributed by atoms with Crippen LogP contribution >= 0.6 is 11.6 Å². The van der Waals surface area contributed by atoms with Crippen LogP contribution in [0.3, 0.4) is 0 Å². The molecule has 0 aliphatic carbocycles. The van der Waals surface area contributed by atoms with Gasteiger partial charge in [0, 0.05) is 11.8 Å². The number of nitrogens with zero attached hydrogens (tertiary/aromatic N) is 1. The van der Waals surface area contributed by atoms with Gasteiger partial charge in [0.15, 0.2) is 0 Å². The first-order valence-electron chi connectivity index (χ1n) is 6.27. The Bertz CT molecular complexity index is 664. The number of hydrogen-bond donors (Lipinski definition) is 1. The van der Waals surface area contributed by atoms with Crippen LogP contribution in [0.1, 0.15) is 28.9 Å². The van der Waals surface area contributed by atoms with Gasteiger partial charge >= 0.3 is 0 Å². The summed E-state index contributed by atoms with van der Waals surface area (Å²) in [5.41, 5.74) is 0.812. The van der Waals surface area contributed by atoms with Crippen molar-refractivity contribution in [3.63, 3.8) is 0 Å². The summed E-state index contributed by atoms with van der Waals surface area (Å²) in [4.78, 5) is 16.0. The molecule has 0 spiro atoms. The Morgan fingerprint density at radius 1 is 1.43 bits per heavy atom. The SMILES string of the molecule is COc1ccc(F)cc1C(C)NC(=O)c1cccnc1Cl. The molecule has 2 aromatic rings. The summed E-state index contributed by atoms with van der Waals surface area (Å²) in [6.07, 6.45) is 1.50. The van der Waals surface area contributed by atoms with E-state index in [1.54, 1.807) is 19.1 Å². The highest BCUT2D eigenvalue weighted by Gasteiger charge is 2.17. The van der Waals surface area contributed by atoms with Crippen molar-refractivity contribution in [2.75, 3.05) is 7.11 Å². The molecule has 110 valence electrons. The largest absolute Gasteiger partial charge is 0.496 e. The van der Waals surface area contributed by atoms with Crippen molar-refractivity contribution in [1.29, 1.82) is 0 Å². The zero-order chi connectivity index (χ0) is 15.4. The van der Waals surface area contributed by atoms with Gasteiger partial charge in [0.2, 0.25) is 0 Å². The van der Waals surface area contributed by atoms with Gasteiger partial charge in [0.1, 0.15) is 16.7 Å². The van der Waals surface area contributed by atoms with Crippen molar-refractivity contribution in [2.24, 2.45) is 0 Å². The molecule has 0 aliphatic rings. The first kappa shape index (κ1) is 15.3. The number of carbonyl (C=O) groups is 1. The van der Waals surface area contributed by atoms with E-state index in [1.807, 2.05) is 0 Å². The predicted octanol–water partition coefficient (Wildman–Crippen LogP) is 3.37. The van der Waals surface area contributed by atoms with Crippen LogP contribution in [0.25, 0.3) is 0 Å². The Balaban J connectivity index is 2.22. The number of nitrogens with one attached hydrogen (secondary N) is 1.